The van der Waals surface area contributed by atoms with Crippen molar-refractivity contribution in [3.8, 4) is 0 Å². The molecule has 0 radical (unpaired) electrons. The van der Waals surface area contributed by atoms with E-state index < -0.39 is 0 Å². The van der Waals surface area contributed by atoms with Crippen LogP contribution in [0.1, 0.15) is 37.8 Å². The highest BCUT2D eigenvalue weighted by Crippen LogP contribution is 2.06. The highest BCUT2D eigenvalue weighted by Gasteiger charge is 1.96. The Hall–Kier alpha value is -1.15. The molecule has 2 nitrogen and oxygen atoms in total. The third-order valence-corrected chi connectivity index (χ3v) is 2.81. The summed E-state index contributed by atoms with van der Waals surface area (Å²) < 4.78 is 0. The van der Waals surface area contributed by atoms with Crippen molar-refractivity contribution in [3.63, 3.8) is 0 Å². The van der Waals surface area contributed by atoms with E-state index in [4.69, 9.17) is 0 Å². The maximum Gasteiger partial charge on any atom is 0.131 e. The van der Waals surface area contributed by atoms with Crippen LogP contribution in [0.3, 0.4) is 0 Å². The standard InChI is InChI=1S/C15H23NO/c1-3-4-14-5-7-15(8-6-14)10-12-16-11-9-13(2)17/h5-8,16H,3-4,9-12H2,1-2H3. The first-order valence-corrected chi connectivity index (χ1v) is 6.50. The normalized spacial score (nSPS) is 10.5. The van der Waals surface area contributed by atoms with Crippen molar-refractivity contribution in [1.29, 1.82) is 0 Å². The van der Waals surface area contributed by atoms with E-state index >= 15 is 0 Å². The summed E-state index contributed by atoms with van der Waals surface area (Å²) >= 11 is 0. The molecule has 0 amide bonds. The minimum absolute atomic E-state index is 0.251. The zero-order valence-corrected chi connectivity index (χ0v) is 11.0. The summed E-state index contributed by atoms with van der Waals surface area (Å²) in [5, 5.41) is 3.28. The monoisotopic (exact) mass is 233 g/mol. The van der Waals surface area contributed by atoms with E-state index in [0.717, 1.165) is 25.9 Å². The number of carbonyl (C=O) groups is 1. The third-order valence-electron chi connectivity index (χ3n) is 2.81. The van der Waals surface area contributed by atoms with E-state index in [9.17, 15) is 4.79 Å². The zero-order valence-electron chi connectivity index (χ0n) is 11.0. The number of hydrogen-bond acceptors (Lipinski definition) is 2. The van der Waals surface area contributed by atoms with Crippen LogP contribution in [0.15, 0.2) is 24.3 Å². The number of rotatable bonds is 8. The van der Waals surface area contributed by atoms with E-state index in [-0.39, 0.29) is 5.78 Å². The van der Waals surface area contributed by atoms with Gasteiger partial charge in [0.2, 0.25) is 0 Å². The predicted octanol–water partition coefficient (Wildman–Crippen LogP) is 2.75. The third kappa shape index (κ3) is 6.22. The lowest BCUT2D eigenvalue weighted by molar-refractivity contribution is -0.116. The lowest BCUT2D eigenvalue weighted by Crippen LogP contribution is -2.20. The Morgan fingerprint density at radius 3 is 2.18 bits per heavy atom. The lowest BCUT2D eigenvalue weighted by Gasteiger charge is -2.05. The van der Waals surface area contributed by atoms with E-state index in [0.29, 0.717) is 6.42 Å². The first kappa shape index (κ1) is 13.9. The molecule has 0 saturated heterocycles. The fourth-order valence-corrected chi connectivity index (χ4v) is 1.78. The van der Waals surface area contributed by atoms with E-state index in [1.807, 2.05) is 0 Å². The topological polar surface area (TPSA) is 29.1 Å². The van der Waals surface area contributed by atoms with Crippen LogP contribution in [0.25, 0.3) is 0 Å². The molecule has 0 saturated carbocycles. The molecule has 0 spiro atoms. The van der Waals surface area contributed by atoms with Crippen LogP contribution in [-0.4, -0.2) is 18.9 Å². The summed E-state index contributed by atoms with van der Waals surface area (Å²) in [6.45, 7) is 5.57. The van der Waals surface area contributed by atoms with E-state index in [1.54, 1.807) is 6.92 Å². The van der Waals surface area contributed by atoms with Gasteiger partial charge in [-0.3, -0.25) is 4.79 Å². The molecule has 1 N–H and O–H groups in total. The Balaban J connectivity index is 2.20. The summed E-state index contributed by atoms with van der Waals surface area (Å²) in [7, 11) is 0. The SMILES string of the molecule is CCCc1ccc(CCNCCC(C)=O)cc1. The van der Waals surface area contributed by atoms with Crippen molar-refractivity contribution in [2.24, 2.45) is 0 Å². The number of carbonyl (C=O) groups excluding carboxylic acids is 1. The predicted molar refractivity (Wildman–Crippen MR) is 72.3 cm³/mol. The van der Waals surface area contributed by atoms with Gasteiger partial charge in [0.15, 0.2) is 0 Å². The maximum atomic E-state index is 10.7. The number of hydrogen-bond donors (Lipinski definition) is 1. The van der Waals surface area contributed by atoms with Crippen LogP contribution in [0.4, 0.5) is 0 Å². The molecule has 1 aromatic rings. The van der Waals surface area contributed by atoms with Gasteiger partial charge < -0.3 is 5.32 Å². The Morgan fingerprint density at radius 1 is 1.06 bits per heavy atom. The second-order valence-corrected chi connectivity index (χ2v) is 4.52. The molecule has 1 aromatic carbocycles. The Morgan fingerprint density at radius 2 is 1.65 bits per heavy atom. The molecule has 94 valence electrons. The first-order valence-electron chi connectivity index (χ1n) is 6.50. The zero-order chi connectivity index (χ0) is 12.5. The van der Waals surface area contributed by atoms with E-state index in [1.165, 1.54) is 17.5 Å². The summed E-state index contributed by atoms with van der Waals surface area (Å²) in [6.07, 6.45) is 4.03. The van der Waals surface area contributed by atoms with Gasteiger partial charge in [-0.15, -0.1) is 0 Å². The fraction of sp³-hybridized carbons (Fsp3) is 0.533. The van der Waals surface area contributed by atoms with Crippen molar-refractivity contribution in [1.82, 2.24) is 5.32 Å². The lowest BCUT2D eigenvalue weighted by atomic mass is 10.1. The van der Waals surface area contributed by atoms with Gasteiger partial charge >= 0.3 is 0 Å². The second kappa shape index (κ2) is 8.02. The number of nitrogens with one attached hydrogen (secondary N) is 1. The highest BCUT2D eigenvalue weighted by atomic mass is 16.1. The van der Waals surface area contributed by atoms with Crippen LogP contribution in [-0.2, 0) is 17.6 Å². The largest absolute Gasteiger partial charge is 0.316 e. The molecule has 0 fully saturated rings. The molecule has 0 heterocycles. The molecular weight excluding hydrogens is 210 g/mol. The van der Waals surface area contributed by atoms with E-state index in [2.05, 4.69) is 36.5 Å². The van der Waals surface area contributed by atoms with Crippen LogP contribution >= 0.6 is 0 Å². The molecule has 0 aliphatic rings. The molecule has 17 heavy (non-hydrogen) atoms. The molecule has 2 heteroatoms. The maximum absolute atomic E-state index is 10.7. The van der Waals surface area contributed by atoms with Crippen LogP contribution in [0.2, 0.25) is 0 Å². The van der Waals surface area contributed by atoms with Gasteiger partial charge in [-0.25, -0.2) is 0 Å². The van der Waals surface area contributed by atoms with Crippen molar-refractivity contribution >= 4 is 5.78 Å². The van der Waals surface area contributed by atoms with Crippen LogP contribution in [0, 0.1) is 0 Å². The Labute approximate surface area is 104 Å². The number of aryl methyl sites for hydroxylation is 1. The molecule has 0 aromatic heterocycles. The molecule has 1 rings (SSSR count). The Kier molecular flexibility index (Phi) is 6.56. The van der Waals surface area contributed by atoms with Gasteiger partial charge in [-0.2, -0.15) is 0 Å². The molecule has 0 bridgehead atoms. The quantitative estimate of drug-likeness (QED) is 0.700. The minimum atomic E-state index is 0.251. The van der Waals surface area contributed by atoms with Crippen LogP contribution in [0.5, 0.6) is 0 Å². The highest BCUT2D eigenvalue weighted by molar-refractivity contribution is 5.75. The summed E-state index contributed by atoms with van der Waals surface area (Å²) in [4.78, 5) is 10.7. The second-order valence-electron chi connectivity index (χ2n) is 4.52. The van der Waals surface area contributed by atoms with Crippen molar-refractivity contribution in [2.45, 2.75) is 39.5 Å². The number of Topliss-reactive ketones (excluding diaryl/α,β-unsaturated/α-hetero) is 1. The van der Waals surface area contributed by atoms with Gasteiger partial charge in [0.25, 0.3) is 0 Å². The molecule has 0 unspecified atom stereocenters. The first-order chi connectivity index (χ1) is 8.22. The molecule has 0 aliphatic carbocycles. The van der Waals surface area contributed by atoms with Crippen molar-refractivity contribution in [3.05, 3.63) is 35.4 Å². The fourth-order valence-electron chi connectivity index (χ4n) is 1.78. The number of ketones is 1. The summed E-state index contributed by atoms with van der Waals surface area (Å²) in [5.74, 6) is 0.251. The van der Waals surface area contributed by atoms with Crippen molar-refractivity contribution < 1.29 is 4.79 Å². The van der Waals surface area contributed by atoms with Crippen molar-refractivity contribution in [2.75, 3.05) is 13.1 Å². The number of benzene rings is 1. The van der Waals surface area contributed by atoms with Gasteiger partial charge in [-0.05, 0) is 37.4 Å². The summed E-state index contributed by atoms with van der Waals surface area (Å²) in [6, 6.07) is 8.85. The average molecular weight is 233 g/mol. The van der Waals surface area contributed by atoms with Gasteiger partial charge in [0, 0.05) is 13.0 Å². The van der Waals surface area contributed by atoms with Gasteiger partial charge in [-0.1, -0.05) is 37.6 Å². The smallest absolute Gasteiger partial charge is 0.131 e. The average Bonchev–Trinajstić information content (AvgIpc) is 2.31. The molecule has 0 atom stereocenters. The summed E-state index contributed by atoms with van der Waals surface area (Å²) in [5.41, 5.74) is 2.78. The molecular formula is C15H23NO. The van der Waals surface area contributed by atoms with Crippen LogP contribution < -0.4 is 5.32 Å². The molecule has 0 aliphatic heterocycles. The Bertz CT molecular complexity index is 329. The minimum Gasteiger partial charge on any atom is -0.316 e. The van der Waals surface area contributed by atoms with Gasteiger partial charge in [0.1, 0.15) is 5.78 Å². The van der Waals surface area contributed by atoms with Gasteiger partial charge in [0.05, 0.1) is 0 Å².